The second-order valence-electron chi connectivity index (χ2n) is 9.52. The maximum Gasteiger partial charge on any atom is 0.160 e. The number of aromatic nitrogens is 3. The first-order valence-corrected chi connectivity index (χ1v) is 13.5. The molecule has 0 atom stereocenters. The fraction of sp³-hybridized carbons (Fsp3) is 0. The first-order chi connectivity index (χ1) is 18.8. The van der Waals surface area contributed by atoms with Crippen LogP contribution in [0, 0.1) is 0 Å². The van der Waals surface area contributed by atoms with Crippen LogP contribution in [0.1, 0.15) is 0 Å². The summed E-state index contributed by atoms with van der Waals surface area (Å²) in [6.45, 7) is 0. The zero-order valence-corrected chi connectivity index (χ0v) is 21.2. The smallest absolute Gasteiger partial charge is 0.160 e. The predicted octanol–water partition coefficient (Wildman–Crippen LogP) is 9.48. The lowest BCUT2D eigenvalue weighted by molar-refractivity contribution is 1.24. The van der Waals surface area contributed by atoms with Gasteiger partial charge in [-0.1, -0.05) is 103 Å². The standard InChI is InChI=1S/C34H21N3S/c1-3-9-21(10-4-1)22-15-17-23(18-16-22)30-33-31(37-34(36-30)24-11-5-2-6-12-24)26-19-20-28-29(32(26)38-33)25-13-7-8-14-27(25)35-28/h1-20,35H. The number of benzene rings is 5. The van der Waals surface area contributed by atoms with Crippen molar-refractivity contribution in [1.82, 2.24) is 15.0 Å². The van der Waals surface area contributed by atoms with Gasteiger partial charge in [0.25, 0.3) is 0 Å². The molecule has 178 valence electrons. The van der Waals surface area contributed by atoms with E-state index in [9.17, 15) is 0 Å². The molecule has 8 rings (SSSR count). The van der Waals surface area contributed by atoms with Crippen molar-refractivity contribution in [3.05, 3.63) is 121 Å². The van der Waals surface area contributed by atoms with Gasteiger partial charge in [-0.15, -0.1) is 11.3 Å². The molecule has 3 heterocycles. The number of thiophene rings is 1. The Balaban J connectivity index is 1.42. The van der Waals surface area contributed by atoms with Gasteiger partial charge in [0.05, 0.1) is 15.9 Å². The molecular formula is C34H21N3S. The summed E-state index contributed by atoms with van der Waals surface area (Å²) in [6.07, 6.45) is 0. The van der Waals surface area contributed by atoms with Crippen LogP contribution in [0.3, 0.4) is 0 Å². The quantitative estimate of drug-likeness (QED) is 0.261. The van der Waals surface area contributed by atoms with Crippen LogP contribution in [-0.4, -0.2) is 15.0 Å². The van der Waals surface area contributed by atoms with E-state index in [1.54, 1.807) is 11.3 Å². The molecule has 0 saturated carbocycles. The molecular weight excluding hydrogens is 482 g/mol. The number of nitrogens with one attached hydrogen (secondary N) is 1. The van der Waals surface area contributed by atoms with Crippen LogP contribution < -0.4 is 0 Å². The second-order valence-corrected chi connectivity index (χ2v) is 10.5. The molecule has 8 aromatic rings. The predicted molar refractivity (Wildman–Crippen MR) is 161 cm³/mol. The van der Waals surface area contributed by atoms with Crippen molar-refractivity contribution in [3.8, 4) is 33.8 Å². The average molecular weight is 504 g/mol. The third-order valence-corrected chi connectivity index (χ3v) is 8.46. The largest absolute Gasteiger partial charge is 0.354 e. The van der Waals surface area contributed by atoms with Gasteiger partial charge in [0.2, 0.25) is 0 Å². The van der Waals surface area contributed by atoms with E-state index in [0.29, 0.717) is 0 Å². The van der Waals surface area contributed by atoms with Gasteiger partial charge >= 0.3 is 0 Å². The van der Waals surface area contributed by atoms with Crippen LogP contribution in [0.4, 0.5) is 0 Å². The van der Waals surface area contributed by atoms with Gasteiger partial charge in [0.15, 0.2) is 5.82 Å². The van der Waals surface area contributed by atoms with Crippen molar-refractivity contribution in [2.75, 3.05) is 0 Å². The fourth-order valence-electron chi connectivity index (χ4n) is 5.40. The molecule has 0 bridgehead atoms. The first kappa shape index (κ1) is 21.3. The highest BCUT2D eigenvalue weighted by Crippen LogP contribution is 2.44. The molecule has 0 aliphatic heterocycles. The van der Waals surface area contributed by atoms with Crippen LogP contribution in [-0.2, 0) is 0 Å². The summed E-state index contributed by atoms with van der Waals surface area (Å²) >= 11 is 1.79. The van der Waals surface area contributed by atoms with E-state index in [1.807, 2.05) is 24.3 Å². The molecule has 0 aliphatic carbocycles. The highest BCUT2D eigenvalue weighted by atomic mass is 32.1. The van der Waals surface area contributed by atoms with Crippen molar-refractivity contribution in [2.24, 2.45) is 0 Å². The van der Waals surface area contributed by atoms with Crippen LogP contribution in [0.25, 0.3) is 75.9 Å². The van der Waals surface area contributed by atoms with Crippen molar-refractivity contribution in [1.29, 1.82) is 0 Å². The number of aromatic amines is 1. The van der Waals surface area contributed by atoms with E-state index in [2.05, 4.69) is 102 Å². The van der Waals surface area contributed by atoms with E-state index in [4.69, 9.17) is 9.97 Å². The lowest BCUT2D eigenvalue weighted by Crippen LogP contribution is -1.93. The Morgan fingerprint density at radius 1 is 0.474 bits per heavy atom. The van der Waals surface area contributed by atoms with E-state index in [1.165, 1.54) is 32.0 Å². The van der Waals surface area contributed by atoms with Crippen LogP contribution in [0.2, 0.25) is 0 Å². The second kappa shape index (κ2) is 8.37. The van der Waals surface area contributed by atoms with Gasteiger partial charge in [-0.3, -0.25) is 0 Å². The molecule has 0 fully saturated rings. The molecule has 4 heteroatoms. The maximum absolute atomic E-state index is 5.16. The van der Waals surface area contributed by atoms with E-state index < -0.39 is 0 Å². The molecule has 0 radical (unpaired) electrons. The van der Waals surface area contributed by atoms with Crippen LogP contribution >= 0.6 is 11.3 Å². The minimum absolute atomic E-state index is 0.749. The number of nitrogens with zero attached hydrogens (tertiary/aromatic N) is 2. The van der Waals surface area contributed by atoms with E-state index in [-0.39, 0.29) is 0 Å². The molecule has 5 aromatic carbocycles. The summed E-state index contributed by atoms with van der Waals surface area (Å²) < 4.78 is 2.36. The molecule has 0 spiro atoms. The Bertz CT molecular complexity index is 2110. The van der Waals surface area contributed by atoms with Gasteiger partial charge in [-0.25, -0.2) is 9.97 Å². The summed E-state index contributed by atoms with van der Waals surface area (Å²) in [6, 6.07) is 42.4. The van der Waals surface area contributed by atoms with Crippen molar-refractivity contribution >= 4 is 53.4 Å². The van der Waals surface area contributed by atoms with Gasteiger partial charge in [-0.2, -0.15) is 0 Å². The van der Waals surface area contributed by atoms with Crippen molar-refractivity contribution in [3.63, 3.8) is 0 Å². The third-order valence-electron chi connectivity index (χ3n) is 7.25. The topological polar surface area (TPSA) is 41.6 Å². The first-order valence-electron chi connectivity index (χ1n) is 12.7. The number of para-hydroxylation sites is 1. The maximum atomic E-state index is 5.16. The van der Waals surface area contributed by atoms with E-state index in [0.717, 1.165) is 43.9 Å². The molecule has 38 heavy (non-hydrogen) atoms. The van der Waals surface area contributed by atoms with Gasteiger partial charge in [0.1, 0.15) is 0 Å². The summed E-state index contributed by atoms with van der Waals surface area (Å²) in [7, 11) is 0. The highest BCUT2D eigenvalue weighted by Gasteiger charge is 2.19. The summed E-state index contributed by atoms with van der Waals surface area (Å²) in [5.74, 6) is 0.749. The highest BCUT2D eigenvalue weighted by molar-refractivity contribution is 7.27. The van der Waals surface area contributed by atoms with Crippen molar-refractivity contribution in [2.45, 2.75) is 0 Å². The summed E-state index contributed by atoms with van der Waals surface area (Å²) in [5, 5.41) is 3.67. The minimum atomic E-state index is 0.749. The molecule has 0 unspecified atom stereocenters. The SMILES string of the molecule is c1ccc(-c2ccc(-c3nc(-c4ccccc4)nc4c3sc3c4ccc4[nH]c5ccccc5c43)cc2)cc1. The fourth-order valence-corrected chi connectivity index (χ4v) is 6.71. The monoisotopic (exact) mass is 503 g/mol. The Hall–Kier alpha value is -4.80. The molecule has 0 aliphatic rings. The zero-order chi connectivity index (χ0) is 25.1. The minimum Gasteiger partial charge on any atom is -0.354 e. The van der Waals surface area contributed by atoms with Crippen molar-refractivity contribution < 1.29 is 0 Å². The third kappa shape index (κ3) is 3.28. The molecule has 3 aromatic heterocycles. The molecule has 0 amide bonds. The lowest BCUT2D eigenvalue weighted by atomic mass is 10.0. The van der Waals surface area contributed by atoms with Crippen LogP contribution in [0.5, 0.6) is 0 Å². The van der Waals surface area contributed by atoms with Gasteiger partial charge in [-0.05, 0) is 29.3 Å². The molecule has 0 saturated heterocycles. The van der Waals surface area contributed by atoms with Gasteiger partial charge in [0, 0.05) is 43.0 Å². The Labute approximate surface area is 223 Å². The molecule has 3 nitrogen and oxygen atoms in total. The Morgan fingerprint density at radius 3 is 1.92 bits per heavy atom. The number of hydrogen-bond acceptors (Lipinski definition) is 3. The summed E-state index contributed by atoms with van der Waals surface area (Å²) in [4.78, 5) is 13.9. The number of H-pyrrole nitrogens is 1. The van der Waals surface area contributed by atoms with Gasteiger partial charge < -0.3 is 4.98 Å². The summed E-state index contributed by atoms with van der Waals surface area (Å²) in [5.41, 5.74) is 8.80. The number of hydrogen-bond donors (Lipinski definition) is 1. The Morgan fingerprint density at radius 2 is 1.13 bits per heavy atom. The number of fused-ring (bicyclic) bond motifs is 7. The number of rotatable bonds is 3. The molecule has 1 N–H and O–H groups in total. The Kier molecular flexibility index (Phi) is 4.69. The normalized spacial score (nSPS) is 11.7. The lowest BCUT2D eigenvalue weighted by Gasteiger charge is -2.08. The zero-order valence-electron chi connectivity index (χ0n) is 20.3. The average Bonchev–Trinajstić information content (AvgIpc) is 3.56. The van der Waals surface area contributed by atoms with Crippen LogP contribution in [0.15, 0.2) is 121 Å². The van der Waals surface area contributed by atoms with E-state index >= 15 is 0 Å².